The summed E-state index contributed by atoms with van der Waals surface area (Å²) in [7, 11) is 1.58. The summed E-state index contributed by atoms with van der Waals surface area (Å²) in [5.74, 6) is 3.00. The first-order valence-corrected chi connectivity index (χ1v) is 9.35. The van der Waals surface area contributed by atoms with Crippen LogP contribution in [0.3, 0.4) is 0 Å². The number of benzene rings is 1. The zero-order valence-electron chi connectivity index (χ0n) is 14.9. The third-order valence-corrected chi connectivity index (χ3v) is 4.61. The van der Waals surface area contributed by atoms with Gasteiger partial charge in [0.2, 0.25) is 12.5 Å². The average Bonchev–Trinajstić information content (AvgIpc) is 3.19. The Kier molecular flexibility index (Phi) is 5.40. The molecular formula is C18H16Cl2N4O4. The number of rotatable bonds is 7. The van der Waals surface area contributed by atoms with E-state index < -0.39 is 0 Å². The lowest BCUT2D eigenvalue weighted by molar-refractivity contribution is 0.171. The Bertz CT molecular complexity index is 1020. The second-order valence-electron chi connectivity index (χ2n) is 5.78. The van der Waals surface area contributed by atoms with Crippen LogP contribution < -0.4 is 24.3 Å². The molecule has 0 aliphatic carbocycles. The number of pyridine rings is 1. The number of alkyl halides is 1. The molecule has 0 atom stereocenters. The third-order valence-electron chi connectivity index (χ3n) is 4.05. The van der Waals surface area contributed by atoms with Crippen molar-refractivity contribution in [2.45, 2.75) is 6.42 Å². The van der Waals surface area contributed by atoms with Crippen molar-refractivity contribution in [2.75, 3.05) is 31.7 Å². The number of fused-ring (bicyclic) bond motifs is 2. The SMILES string of the molecule is COc1cc2ncnc(Nc3c(Cl)cnc4c3OCO4)c2cc1OCCCCl. The lowest BCUT2D eigenvalue weighted by Gasteiger charge is -2.14. The number of hydrogen-bond donors (Lipinski definition) is 1. The zero-order valence-corrected chi connectivity index (χ0v) is 16.4. The Morgan fingerprint density at radius 1 is 1.18 bits per heavy atom. The highest BCUT2D eigenvalue weighted by atomic mass is 35.5. The van der Waals surface area contributed by atoms with Gasteiger partial charge in [0.25, 0.3) is 5.88 Å². The molecule has 10 heteroatoms. The Labute approximate surface area is 170 Å². The van der Waals surface area contributed by atoms with E-state index in [0.717, 1.165) is 11.8 Å². The number of methoxy groups -OCH3 is 1. The molecule has 28 heavy (non-hydrogen) atoms. The topological polar surface area (TPSA) is 87.6 Å². The molecule has 0 radical (unpaired) electrons. The number of anilines is 2. The van der Waals surface area contributed by atoms with E-state index in [-0.39, 0.29) is 6.79 Å². The van der Waals surface area contributed by atoms with E-state index in [1.165, 1.54) is 12.5 Å². The van der Waals surface area contributed by atoms with Crippen LogP contribution >= 0.6 is 23.2 Å². The van der Waals surface area contributed by atoms with Gasteiger partial charge in [0.15, 0.2) is 11.5 Å². The zero-order chi connectivity index (χ0) is 19.5. The predicted molar refractivity (Wildman–Crippen MR) is 106 cm³/mol. The molecule has 0 unspecified atom stereocenters. The Morgan fingerprint density at radius 3 is 2.89 bits per heavy atom. The quantitative estimate of drug-likeness (QED) is 0.448. The monoisotopic (exact) mass is 422 g/mol. The van der Waals surface area contributed by atoms with Gasteiger partial charge in [0, 0.05) is 17.3 Å². The summed E-state index contributed by atoms with van der Waals surface area (Å²) in [4.78, 5) is 12.8. The number of nitrogens with one attached hydrogen (secondary N) is 1. The minimum atomic E-state index is 0.0810. The Morgan fingerprint density at radius 2 is 2.07 bits per heavy atom. The first-order chi connectivity index (χ1) is 13.7. The van der Waals surface area contributed by atoms with Gasteiger partial charge in [-0.25, -0.2) is 15.0 Å². The van der Waals surface area contributed by atoms with Crippen LogP contribution in [0.1, 0.15) is 6.42 Å². The van der Waals surface area contributed by atoms with Crippen molar-refractivity contribution in [3.63, 3.8) is 0 Å². The molecule has 3 heterocycles. The van der Waals surface area contributed by atoms with Gasteiger partial charge in [-0.15, -0.1) is 11.6 Å². The molecule has 0 amide bonds. The van der Waals surface area contributed by atoms with Gasteiger partial charge in [-0.2, -0.15) is 0 Å². The van der Waals surface area contributed by atoms with Crippen LogP contribution in [-0.2, 0) is 0 Å². The predicted octanol–water partition coefficient (Wildman–Crippen LogP) is 4.17. The number of halogens is 2. The molecule has 1 aliphatic heterocycles. The van der Waals surface area contributed by atoms with Crippen molar-refractivity contribution in [3.05, 3.63) is 29.7 Å². The Hall–Kier alpha value is -2.71. The van der Waals surface area contributed by atoms with Gasteiger partial charge in [0.1, 0.15) is 17.8 Å². The largest absolute Gasteiger partial charge is 0.493 e. The lowest BCUT2D eigenvalue weighted by Crippen LogP contribution is -2.02. The van der Waals surface area contributed by atoms with E-state index in [1.807, 2.05) is 6.07 Å². The molecule has 1 N–H and O–H groups in total. The molecule has 0 saturated heterocycles. The first-order valence-electron chi connectivity index (χ1n) is 8.44. The summed E-state index contributed by atoms with van der Waals surface area (Å²) in [5.41, 5.74) is 1.20. The van der Waals surface area contributed by atoms with E-state index in [4.69, 9.17) is 42.1 Å². The van der Waals surface area contributed by atoms with Gasteiger partial charge in [0.05, 0.1) is 30.5 Å². The van der Waals surface area contributed by atoms with Crippen LogP contribution in [0.25, 0.3) is 10.9 Å². The molecule has 1 aromatic carbocycles. The Balaban J connectivity index is 1.76. The molecule has 1 aliphatic rings. The van der Waals surface area contributed by atoms with Gasteiger partial charge >= 0.3 is 0 Å². The molecule has 4 rings (SSSR count). The fourth-order valence-electron chi connectivity index (χ4n) is 2.74. The van der Waals surface area contributed by atoms with Crippen molar-refractivity contribution in [2.24, 2.45) is 0 Å². The number of ether oxygens (including phenoxy) is 4. The maximum absolute atomic E-state index is 6.31. The summed E-state index contributed by atoms with van der Waals surface area (Å²) in [6, 6.07) is 3.60. The summed E-state index contributed by atoms with van der Waals surface area (Å²) < 4.78 is 22.0. The highest BCUT2D eigenvalue weighted by Gasteiger charge is 2.23. The smallest absolute Gasteiger partial charge is 0.262 e. The van der Waals surface area contributed by atoms with Crippen LogP contribution in [-0.4, -0.2) is 41.3 Å². The van der Waals surface area contributed by atoms with E-state index in [1.54, 1.807) is 13.2 Å². The number of aromatic nitrogens is 3. The number of nitrogens with zero attached hydrogens (tertiary/aromatic N) is 3. The van der Waals surface area contributed by atoms with Crippen molar-refractivity contribution in [1.82, 2.24) is 15.0 Å². The summed E-state index contributed by atoms with van der Waals surface area (Å²) in [6.45, 7) is 0.550. The maximum atomic E-state index is 6.31. The second-order valence-corrected chi connectivity index (χ2v) is 6.57. The summed E-state index contributed by atoms with van der Waals surface area (Å²) in [5, 5.41) is 4.31. The van der Waals surface area contributed by atoms with Gasteiger partial charge in [-0.1, -0.05) is 11.6 Å². The molecule has 0 bridgehead atoms. The van der Waals surface area contributed by atoms with Crippen LogP contribution in [0, 0.1) is 0 Å². The highest BCUT2D eigenvalue weighted by molar-refractivity contribution is 6.33. The molecule has 0 spiro atoms. The van der Waals surface area contributed by atoms with Crippen molar-refractivity contribution in [3.8, 4) is 23.1 Å². The molecule has 2 aromatic heterocycles. The maximum Gasteiger partial charge on any atom is 0.262 e. The first kappa shape index (κ1) is 18.6. The van der Waals surface area contributed by atoms with E-state index in [0.29, 0.717) is 57.7 Å². The molecule has 3 aromatic rings. The fraction of sp³-hybridized carbons (Fsp3) is 0.278. The van der Waals surface area contributed by atoms with E-state index in [2.05, 4.69) is 20.3 Å². The van der Waals surface area contributed by atoms with Crippen LogP contribution in [0.5, 0.6) is 23.1 Å². The molecule has 0 fully saturated rings. The fourth-order valence-corrected chi connectivity index (χ4v) is 3.03. The second kappa shape index (κ2) is 8.12. The van der Waals surface area contributed by atoms with Crippen molar-refractivity contribution in [1.29, 1.82) is 0 Å². The van der Waals surface area contributed by atoms with Crippen LogP contribution in [0.2, 0.25) is 5.02 Å². The highest BCUT2D eigenvalue weighted by Crippen LogP contribution is 2.44. The summed E-state index contributed by atoms with van der Waals surface area (Å²) >= 11 is 12.0. The third kappa shape index (κ3) is 3.53. The molecular weight excluding hydrogens is 407 g/mol. The van der Waals surface area contributed by atoms with Gasteiger partial charge < -0.3 is 24.3 Å². The lowest BCUT2D eigenvalue weighted by atomic mass is 10.2. The number of hydrogen-bond acceptors (Lipinski definition) is 8. The standard InChI is InChI=1S/C18H16Cl2N4O4/c1-25-13-6-12-10(5-14(13)26-4-2-3-19)17(23-8-22-12)24-15-11(20)7-21-18-16(15)27-9-28-18/h5-8H,2-4,9H2,1H3,(H,21,22,23,24). The van der Waals surface area contributed by atoms with Crippen molar-refractivity contribution < 1.29 is 18.9 Å². The molecule has 146 valence electrons. The normalized spacial score (nSPS) is 12.2. The van der Waals surface area contributed by atoms with E-state index >= 15 is 0 Å². The van der Waals surface area contributed by atoms with E-state index in [9.17, 15) is 0 Å². The molecule has 8 nitrogen and oxygen atoms in total. The molecule has 0 saturated carbocycles. The van der Waals surface area contributed by atoms with Crippen molar-refractivity contribution >= 4 is 45.6 Å². The van der Waals surface area contributed by atoms with Gasteiger partial charge in [-0.3, -0.25) is 0 Å². The van der Waals surface area contributed by atoms with Crippen LogP contribution in [0.15, 0.2) is 24.7 Å². The van der Waals surface area contributed by atoms with Gasteiger partial charge in [-0.05, 0) is 12.5 Å². The average molecular weight is 423 g/mol. The minimum absolute atomic E-state index is 0.0810. The summed E-state index contributed by atoms with van der Waals surface area (Å²) in [6.07, 6.45) is 3.66. The van der Waals surface area contributed by atoms with Crippen LogP contribution in [0.4, 0.5) is 11.5 Å². The minimum Gasteiger partial charge on any atom is -0.493 e.